The molecule has 0 radical (unpaired) electrons. The van der Waals surface area contributed by atoms with Gasteiger partial charge in [0.25, 0.3) is 0 Å². The van der Waals surface area contributed by atoms with Crippen LogP contribution in [0.15, 0.2) is 35.0 Å². The highest BCUT2D eigenvalue weighted by molar-refractivity contribution is 5.89. The Balaban J connectivity index is 1.21. The topological polar surface area (TPSA) is 88.7 Å². The van der Waals surface area contributed by atoms with Crippen molar-refractivity contribution in [2.24, 2.45) is 0 Å². The molecule has 2 bridgehead atoms. The zero-order chi connectivity index (χ0) is 27.5. The maximum Gasteiger partial charge on any atom is 0.417 e. The average Bonchev–Trinajstić information content (AvgIpc) is 3.59. The molecule has 1 saturated carbocycles. The second-order valence-corrected chi connectivity index (χ2v) is 10.3. The predicted molar refractivity (Wildman–Crippen MR) is 127 cm³/mol. The number of carbonyl (C=O) groups is 1. The zero-order valence-corrected chi connectivity index (χ0v) is 20.5. The molecule has 6 rings (SSSR count). The Morgan fingerprint density at radius 3 is 2.36 bits per heavy atom. The Hall–Kier alpha value is -3.54. The van der Waals surface area contributed by atoms with E-state index < -0.39 is 34.9 Å². The van der Waals surface area contributed by atoms with Crippen molar-refractivity contribution in [2.45, 2.75) is 75.4 Å². The number of fused-ring (bicyclic) bond motifs is 2. The number of aromatic nitrogens is 2. The highest BCUT2D eigenvalue weighted by Crippen LogP contribution is 2.46. The van der Waals surface area contributed by atoms with Gasteiger partial charge in [0.05, 0.1) is 29.4 Å². The third-order valence-corrected chi connectivity index (χ3v) is 7.81. The van der Waals surface area contributed by atoms with Gasteiger partial charge >= 0.3 is 12.1 Å². The summed E-state index contributed by atoms with van der Waals surface area (Å²) in [4.78, 5) is 17.2. The SMILES string of the molecule is O=C(O)c1cnc(N2C3CCC2CC(OCc2c(-c4c(F)cccc4F)noc2C2CC2)C3)cc1C(F)(F)F. The van der Waals surface area contributed by atoms with Crippen molar-refractivity contribution in [3.8, 4) is 11.3 Å². The van der Waals surface area contributed by atoms with Crippen LogP contribution in [-0.2, 0) is 17.5 Å². The van der Waals surface area contributed by atoms with E-state index in [2.05, 4.69) is 10.1 Å². The van der Waals surface area contributed by atoms with Crippen LogP contribution in [-0.4, -0.2) is 39.4 Å². The molecule has 3 aromatic rings. The first-order chi connectivity index (χ1) is 18.6. The molecule has 3 fully saturated rings. The molecule has 2 unspecified atom stereocenters. The lowest BCUT2D eigenvalue weighted by Crippen LogP contribution is -2.46. The maximum atomic E-state index is 14.5. The van der Waals surface area contributed by atoms with Crippen LogP contribution in [0.4, 0.5) is 27.8 Å². The van der Waals surface area contributed by atoms with Gasteiger partial charge in [0.2, 0.25) is 0 Å². The van der Waals surface area contributed by atoms with E-state index in [1.165, 1.54) is 6.07 Å². The standard InChI is InChI=1S/C27H24F5N3O4/c28-20-2-1-3-21(29)23(20)24-18(25(39-34-24)13-4-5-13)12-38-16-8-14-6-7-15(9-16)35(14)22-10-19(27(30,31)32)17(11-33-22)26(36)37/h1-3,10-11,13-16H,4-9,12H2,(H,36,37). The highest BCUT2D eigenvalue weighted by atomic mass is 19.4. The largest absolute Gasteiger partial charge is 0.478 e. The average molecular weight is 549 g/mol. The molecular weight excluding hydrogens is 525 g/mol. The van der Waals surface area contributed by atoms with Crippen molar-refractivity contribution >= 4 is 11.8 Å². The van der Waals surface area contributed by atoms with E-state index >= 15 is 0 Å². The van der Waals surface area contributed by atoms with Crippen molar-refractivity contribution in [2.75, 3.05) is 4.90 Å². The fraction of sp³-hybridized carbons (Fsp3) is 0.444. The Morgan fingerprint density at radius 1 is 1.10 bits per heavy atom. The lowest BCUT2D eigenvalue weighted by molar-refractivity contribution is -0.138. The van der Waals surface area contributed by atoms with Crippen LogP contribution in [0.3, 0.4) is 0 Å². The van der Waals surface area contributed by atoms with E-state index in [4.69, 9.17) is 9.26 Å². The predicted octanol–water partition coefficient (Wildman–Crippen LogP) is 6.33. The maximum absolute atomic E-state index is 14.5. The second-order valence-electron chi connectivity index (χ2n) is 10.3. The molecule has 4 heterocycles. The van der Waals surface area contributed by atoms with E-state index in [-0.39, 0.29) is 47.8 Å². The van der Waals surface area contributed by atoms with Gasteiger partial charge in [-0.15, -0.1) is 0 Å². The number of hydrogen-bond donors (Lipinski definition) is 1. The molecule has 2 saturated heterocycles. The number of anilines is 1. The smallest absolute Gasteiger partial charge is 0.417 e. The molecule has 12 heteroatoms. The summed E-state index contributed by atoms with van der Waals surface area (Å²) >= 11 is 0. The third-order valence-electron chi connectivity index (χ3n) is 7.81. The van der Waals surface area contributed by atoms with Crippen molar-refractivity contribution in [3.05, 3.63) is 64.5 Å². The molecule has 7 nitrogen and oxygen atoms in total. The molecule has 1 aliphatic carbocycles. The number of rotatable bonds is 7. The first-order valence-corrected chi connectivity index (χ1v) is 12.7. The van der Waals surface area contributed by atoms with E-state index in [0.29, 0.717) is 24.2 Å². The van der Waals surface area contributed by atoms with Gasteiger partial charge in [-0.3, -0.25) is 0 Å². The van der Waals surface area contributed by atoms with Crippen LogP contribution < -0.4 is 4.90 Å². The molecular formula is C27H24F5N3O4. The van der Waals surface area contributed by atoms with E-state index in [0.717, 1.165) is 50.1 Å². The van der Waals surface area contributed by atoms with Gasteiger partial charge in [-0.05, 0) is 56.7 Å². The second kappa shape index (κ2) is 9.58. The molecule has 1 N–H and O–H groups in total. The third kappa shape index (κ3) is 4.75. The number of piperidine rings is 1. The van der Waals surface area contributed by atoms with Crippen molar-refractivity contribution in [3.63, 3.8) is 0 Å². The molecule has 206 valence electrons. The van der Waals surface area contributed by atoms with E-state index in [1.54, 1.807) is 0 Å². The molecule has 1 aromatic carbocycles. The van der Waals surface area contributed by atoms with Crippen molar-refractivity contribution in [1.29, 1.82) is 0 Å². The van der Waals surface area contributed by atoms with Gasteiger partial charge in [0, 0.05) is 29.8 Å². The van der Waals surface area contributed by atoms with Crippen LogP contribution in [0.2, 0.25) is 0 Å². The fourth-order valence-electron chi connectivity index (χ4n) is 5.88. The van der Waals surface area contributed by atoms with Crippen LogP contribution in [0, 0.1) is 11.6 Å². The first-order valence-electron chi connectivity index (χ1n) is 12.7. The molecule has 2 atom stereocenters. The van der Waals surface area contributed by atoms with Gasteiger partial charge in [0.1, 0.15) is 28.9 Å². The number of carboxylic acid groups (broad SMARTS) is 1. The number of benzene rings is 1. The summed E-state index contributed by atoms with van der Waals surface area (Å²) in [7, 11) is 0. The Kier molecular flexibility index (Phi) is 6.32. The molecule has 2 aromatic heterocycles. The number of hydrogen-bond acceptors (Lipinski definition) is 6. The molecule has 2 aliphatic heterocycles. The summed E-state index contributed by atoms with van der Waals surface area (Å²) in [5, 5.41) is 13.2. The van der Waals surface area contributed by atoms with Crippen molar-refractivity contribution < 1.29 is 41.1 Å². The monoisotopic (exact) mass is 549 g/mol. The van der Waals surface area contributed by atoms with E-state index in [1.807, 2.05) is 4.90 Å². The number of aromatic carboxylic acids is 1. The number of ether oxygens (including phenoxy) is 1. The number of alkyl halides is 3. The van der Waals surface area contributed by atoms with Crippen LogP contribution in [0.5, 0.6) is 0 Å². The van der Waals surface area contributed by atoms with Gasteiger partial charge in [-0.1, -0.05) is 11.2 Å². The number of carboxylic acids is 1. The summed E-state index contributed by atoms with van der Waals surface area (Å²) in [5.41, 5.74) is -1.80. The summed E-state index contributed by atoms with van der Waals surface area (Å²) in [6, 6.07) is 4.10. The first kappa shape index (κ1) is 25.7. The minimum absolute atomic E-state index is 0.0341. The number of halogens is 5. The van der Waals surface area contributed by atoms with Crippen molar-refractivity contribution in [1.82, 2.24) is 10.1 Å². The fourth-order valence-corrected chi connectivity index (χ4v) is 5.88. The zero-order valence-electron chi connectivity index (χ0n) is 20.5. The number of nitrogens with zero attached hydrogens (tertiary/aromatic N) is 3. The summed E-state index contributed by atoms with van der Waals surface area (Å²) < 4.78 is 81.5. The molecule has 0 spiro atoms. The van der Waals surface area contributed by atoms with Gasteiger partial charge < -0.3 is 19.3 Å². The molecule has 0 amide bonds. The van der Waals surface area contributed by atoms with Crippen LogP contribution in [0.1, 0.15) is 71.7 Å². The quantitative estimate of drug-likeness (QED) is 0.345. The summed E-state index contributed by atoms with van der Waals surface area (Å²) in [6.45, 7) is 0.0341. The number of pyridine rings is 1. The summed E-state index contributed by atoms with van der Waals surface area (Å²) in [5.74, 6) is -2.41. The van der Waals surface area contributed by atoms with Gasteiger partial charge in [-0.25, -0.2) is 18.6 Å². The minimum Gasteiger partial charge on any atom is -0.478 e. The normalized spacial score (nSPS) is 22.9. The Morgan fingerprint density at radius 2 is 1.77 bits per heavy atom. The van der Waals surface area contributed by atoms with Crippen LogP contribution in [0.25, 0.3) is 11.3 Å². The van der Waals surface area contributed by atoms with Gasteiger partial charge in [-0.2, -0.15) is 13.2 Å². The minimum atomic E-state index is -4.83. The lowest BCUT2D eigenvalue weighted by Gasteiger charge is -2.40. The molecule has 39 heavy (non-hydrogen) atoms. The van der Waals surface area contributed by atoms with E-state index in [9.17, 15) is 31.9 Å². The molecule has 3 aliphatic rings. The van der Waals surface area contributed by atoms with Gasteiger partial charge in [0.15, 0.2) is 0 Å². The Labute approximate surface area is 219 Å². The summed E-state index contributed by atoms with van der Waals surface area (Å²) in [6.07, 6.45) is -0.0901. The highest BCUT2D eigenvalue weighted by Gasteiger charge is 2.44. The Bertz CT molecular complexity index is 1390. The lowest BCUT2D eigenvalue weighted by atomic mass is 9.98. The van der Waals surface area contributed by atoms with Crippen LogP contribution >= 0.6 is 0 Å².